The van der Waals surface area contributed by atoms with Crippen LogP contribution in [0.2, 0.25) is 0 Å². The van der Waals surface area contributed by atoms with Crippen molar-refractivity contribution in [3.8, 4) is 0 Å². The summed E-state index contributed by atoms with van der Waals surface area (Å²) < 4.78 is 12.7. The van der Waals surface area contributed by atoms with Crippen LogP contribution >= 0.6 is 0 Å². The first-order valence-corrected chi connectivity index (χ1v) is 4.39. The van der Waals surface area contributed by atoms with Gasteiger partial charge < -0.3 is 5.32 Å². The first-order valence-electron chi connectivity index (χ1n) is 4.39. The molecule has 0 aliphatic carbocycles. The highest BCUT2D eigenvalue weighted by Crippen LogP contribution is 2.05. The van der Waals surface area contributed by atoms with Crippen molar-refractivity contribution in [2.24, 2.45) is 0 Å². The highest BCUT2D eigenvalue weighted by atomic mass is 19.1. The number of nitrogens with one attached hydrogen (secondary N) is 1. The number of benzene rings is 1. The summed E-state index contributed by atoms with van der Waals surface area (Å²) in [5.74, 6) is -0.184. The minimum atomic E-state index is -0.184. The van der Waals surface area contributed by atoms with Crippen LogP contribution in [0, 0.1) is 5.82 Å². The second kappa shape index (κ2) is 5.49. The third kappa shape index (κ3) is 3.85. The molecule has 0 saturated heterocycles. The third-order valence-corrected chi connectivity index (χ3v) is 1.72. The van der Waals surface area contributed by atoms with Gasteiger partial charge in [0.05, 0.1) is 0 Å². The maximum atomic E-state index is 12.7. The van der Waals surface area contributed by atoms with Gasteiger partial charge in [0.15, 0.2) is 0 Å². The van der Waals surface area contributed by atoms with Crippen molar-refractivity contribution < 1.29 is 4.39 Å². The molecule has 0 spiro atoms. The molecule has 1 N–H and O–H groups in total. The zero-order valence-corrected chi connectivity index (χ0v) is 7.76. The standard InChI is InChI=1S/C11H14FN/c1-13-8-3-2-5-10-6-4-7-11(12)9-10/h2,4-7,9,13H,3,8H2,1H3. The summed E-state index contributed by atoms with van der Waals surface area (Å²) in [7, 11) is 1.91. The molecule has 0 unspecified atom stereocenters. The first-order chi connectivity index (χ1) is 6.33. The highest BCUT2D eigenvalue weighted by molar-refractivity contribution is 5.48. The fourth-order valence-electron chi connectivity index (χ4n) is 1.06. The summed E-state index contributed by atoms with van der Waals surface area (Å²) in [5, 5.41) is 3.04. The smallest absolute Gasteiger partial charge is 0.123 e. The Morgan fingerprint density at radius 3 is 3.00 bits per heavy atom. The Bertz CT molecular complexity index is 281. The lowest BCUT2D eigenvalue weighted by atomic mass is 10.2. The lowest BCUT2D eigenvalue weighted by molar-refractivity contribution is 0.627. The van der Waals surface area contributed by atoms with E-state index >= 15 is 0 Å². The van der Waals surface area contributed by atoms with E-state index in [1.54, 1.807) is 6.07 Å². The molecule has 0 fully saturated rings. The predicted octanol–water partition coefficient (Wildman–Crippen LogP) is 2.45. The van der Waals surface area contributed by atoms with E-state index < -0.39 is 0 Å². The number of halogens is 1. The second-order valence-corrected chi connectivity index (χ2v) is 2.85. The molecule has 0 heterocycles. The number of hydrogen-bond donors (Lipinski definition) is 1. The van der Waals surface area contributed by atoms with Gasteiger partial charge >= 0.3 is 0 Å². The average Bonchev–Trinajstić information content (AvgIpc) is 2.13. The van der Waals surface area contributed by atoms with Crippen molar-refractivity contribution in [1.82, 2.24) is 5.32 Å². The van der Waals surface area contributed by atoms with Crippen LogP contribution in [0.4, 0.5) is 4.39 Å². The molecule has 1 aromatic carbocycles. The van der Waals surface area contributed by atoms with Crippen LogP contribution in [0.1, 0.15) is 12.0 Å². The zero-order valence-electron chi connectivity index (χ0n) is 7.76. The van der Waals surface area contributed by atoms with Gasteiger partial charge in [0, 0.05) is 0 Å². The van der Waals surface area contributed by atoms with Gasteiger partial charge in [-0.05, 0) is 37.7 Å². The Morgan fingerprint density at radius 1 is 1.46 bits per heavy atom. The van der Waals surface area contributed by atoms with E-state index in [0.717, 1.165) is 18.5 Å². The SMILES string of the molecule is CNCCC=Cc1cccc(F)c1. The topological polar surface area (TPSA) is 12.0 Å². The van der Waals surface area contributed by atoms with E-state index in [1.807, 2.05) is 25.3 Å². The molecule has 0 atom stereocenters. The summed E-state index contributed by atoms with van der Waals surface area (Å²) in [6, 6.07) is 6.58. The largest absolute Gasteiger partial charge is 0.319 e. The Hall–Kier alpha value is -1.15. The van der Waals surface area contributed by atoms with Crippen LogP contribution in [-0.2, 0) is 0 Å². The zero-order chi connectivity index (χ0) is 9.52. The van der Waals surface area contributed by atoms with E-state index in [0.29, 0.717) is 0 Å². The van der Waals surface area contributed by atoms with E-state index in [-0.39, 0.29) is 5.82 Å². The molecule has 0 saturated carbocycles. The van der Waals surface area contributed by atoms with E-state index in [1.165, 1.54) is 12.1 Å². The van der Waals surface area contributed by atoms with Gasteiger partial charge in [0.25, 0.3) is 0 Å². The van der Waals surface area contributed by atoms with Crippen LogP contribution < -0.4 is 5.32 Å². The van der Waals surface area contributed by atoms with Gasteiger partial charge in [-0.3, -0.25) is 0 Å². The van der Waals surface area contributed by atoms with Gasteiger partial charge in [-0.2, -0.15) is 0 Å². The minimum absolute atomic E-state index is 0.184. The van der Waals surface area contributed by atoms with E-state index in [9.17, 15) is 4.39 Å². The summed E-state index contributed by atoms with van der Waals surface area (Å²) in [4.78, 5) is 0. The Balaban J connectivity index is 2.48. The van der Waals surface area contributed by atoms with Crippen molar-refractivity contribution in [3.63, 3.8) is 0 Å². The van der Waals surface area contributed by atoms with Crippen LogP contribution in [-0.4, -0.2) is 13.6 Å². The molecular formula is C11H14FN. The number of rotatable bonds is 4. The maximum absolute atomic E-state index is 12.7. The summed E-state index contributed by atoms with van der Waals surface area (Å²) in [5.41, 5.74) is 0.913. The molecule has 1 nitrogen and oxygen atoms in total. The lowest BCUT2D eigenvalue weighted by Crippen LogP contribution is -2.05. The molecule has 0 aliphatic heterocycles. The third-order valence-electron chi connectivity index (χ3n) is 1.72. The normalized spacial score (nSPS) is 10.9. The molecule has 70 valence electrons. The molecule has 2 heteroatoms. The van der Waals surface area contributed by atoms with Gasteiger partial charge in [0.1, 0.15) is 5.82 Å². The van der Waals surface area contributed by atoms with Gasteiger partial charge in [0.2, 0.25) is 0 Å². The maximum Gasteiger partial charge on any atom is 0.123 e. The van der Waals surface area contributed by atoms with Crippen LogP contribution in [0.25, 0.3) is 6.08 Å². The minimum Gasteiger partial charge on any atom is -0.319 e. The fourth-order valence-corrected chi connectivity index (χ4v) is 1.06. The van der Waals surface area contributed by atoms with Crippen molar-refractivity contribution in [2.45, 2.75) is 6.42 Å². The molecular weight excluding hydrogens is 165 g/mol. The molecule has 0 amide bonds. The Labute approximate surface area is 78.3 Å². The number of hydrogen-bond acceptors (Lipinski definition) is 1. The molecule has 0 aromatic heterocycles. The van der Waals surface area contributed by atoms with Crippen molar-refractivity contribution in [2.75, 3.05) is 13.6 Å². The second-order valence-electron chi connectivity index (χ2n) is 2.85. The Morgan fingerprint density at radius 2 is 2.31 bits per heavy atom. The van der Waals surface area contributed by atoms with E-state index in [2.05, 4.69) is 5.32 Å². The average molecular weight is 179 g/mol. The molecule has 0 radical (unpaired) electrons. The highest BCUT2D eigenvalue weighted by Gasteiger charge is 1.88. The van der Waals surface area contributed by atoms with E-state index in [4.69, 9.17) is 0 Å². The Kier molecular flexibility index (Phi) is 4.19. The van der Waals surface area contributed by atoms with Crippen molar-refractivity contribution >= 4 is 6.08 Å². The lowest BCUT2D eigenvalue weighted by Gasteiger charge is -1.94. The van der Waals surface area contributed by atoms with Crippen molar-refractivity contribution in [1.29, 1.82) is 0 Å². The predicted molar refractivity (Wildman–Crippen MR) is 54.0 cm³/mol. The van der Waals surface area contributed by atoms with Crippen molar-refractivity contribution in [3.05, 3.63) is 41.7 Å². The van der Waals surface area contributed by atoms with Gasteiger partial charge in [-0.15, -0.1) is 0 Å². The van der Waals surface area contributed by atoms with Crippen LogP contribution in [0.5, 0.6) is 0 Å². The van der Waals surface area contributed by atoms with Crippen LogP contribution in [0.3, 0.4) is 0 Å². The molecule has 0 aliphatic rings. The molecule has 1 rings (SSSR count). The molecule has 1 aromatic rings. The summed E-state index contributed by atoms with van der Waals surface area (Å²) in [6.45, 7) is 0.950. The van der Waals surface area contributed by atoms with Crippen LogP contribution in [0.15, 0.2) is 30.3 Å². The quantitative estimate of drug-likeness (QED) is 0.700. The molecule has 13 heavy (non-hydrogen) atoms. The van der Waals surface area contributed by atoms with Gasteiger partial charge in [-0.1, -0.05) is 24.3 Å². The van der Waals surface area contributed by atoms with Gasteiger partial charge in [-0.25, -0.2) is 4.39 Å². The summed E-state index contributed by atoms with van der Waals surface area (Å²) in [6.07, 6.45) is 4.93. The fraction of sp³-hybridized carbons (Fsp3) is 0.273. The first kappa shape index (κ1) is 9.93. The molecule has 0 bridgehead atoms. The summed E-state index contributed by atoms with van der Waals surface area (Å²) >= 11 is 0. The monoisotopic (exact) mass is 179 g/mol.